The summed E-state index contributed by atoms with van der Waals surface area (Å²) < 4.78 is 0. The van der Waals surface area contributed by atoms with Crippen LogP contribution in [0.4, 0.5) is 5.69 Å². The minimum Gasteiger partial charge on any atom is -0.481 e. The largest absolute Gasteiger partial charge is 0.481 e. The fourth-order valence-electron chi connectivity index (χ4n) is 4.19. The second kappa shape index (κ2) is 12.3. The Hall–Kier alpha value is -3.52. The Morgan fingerprint density at radius 3 is 2.31 bits per heavy atom. The topological polar surface area (TPSA) is 121 Å². The number of imide groups is 1. The van der Waals surface area contributed by atoms with E-state index in [0.29, 0.717) is 12.1 Å². The molecule has 3 amide bonds. The first-order valence-corrected chi connectivity index (χ1v) is 12.2. The van der Waals surface area contributed by atoms with Crippen molar-refractivity contribution in [2.45, 2.75) is 51.9 Å². The van der Waals surface area contributed by atoms with E-state index in [1.807, 2.05) is 25.1 Å². The van der Waals surface area contributed by atoms with Crippen LogP contribution in [-0.4, -0.2) is 53.3 Å². The van der Waals surface area contributed by atoms with Gasteiger partial charge >= 0.3 is 5.97 Å². The van der Waals surface area contributed by atoms with Gasteiger partial charge in [0.1, 0.15) is 6.54 Å². The number of aryl methyl sites for hydroxylation is 2. The molecule has 1 aliphatic rings. The second-order valence-electron chi connectivity index (χ2n) is 8.76. The Bertz CT molecular complexity index is 1080. The van der Waals surface area contributed by atoms with Crippen LogP contribution in [0.25, 0.3) is 0 Å². The lowest BCUT2D eigenvalue weighted by Gasteiger charge is -2.21. The van der Waals surface area contributed by atoms with E-state index in [1.54, 1.807) is 24.3 Å². The van der Waals surface area contributed by atoms with Gasteiger partial charge in [0.2, 0.25) is 0 Å². The lowest BCUT2D eigenvalue weighted by atomic mass is 10.0. The Morgan fingerprint density at radius 1 is 0.971 bits per heavy atom. The van der Waals surface area contributed by atoms with E-state index in [9.17, 15) is 19.2 Å². The molecule has 8 heteroatoms. The quantitative estimate of drug-likeness (QED) is 0.376. The van der Waals surface area contributed by atoms with Crippen molar-refractivity contribution in [1.82, 2.24) is 4.90 Å². The van der Waals surface area contributed by atoms with Gasteiger partial charge in [0.25, 0.3) is 17.7 Å². The summed E-state index contributed by atoms with van der Waals surface area (Å²) in [5, 5.41) is 9.10. The van der Waals surface area contributed by atoms with E-state index in [4.69, 9.17) is 10.8 Å². The fourth-order valence-corrected chi connectivity index (χ4v) is 4.19. The number of rotatable bonds is 11. The molecule has 2 aromatic carbocycles. The maximum atomic E-state index is 13.4. The minimum atomic E-state index is -1.06. The van der Waals surface area contributed by atoms with E-state index in [2.05, 4.69) is 0 Å². The number of anilines is 1. The second-order valence-corrected chi connectivity index (χ2v) is 8.76. The molecule has 0 saturated carbocycles. The number of nitrogens with zero attached hydrogens (tertiary/aromatic N) is 2. The highest BCUT2D eigenvalue weighted by molar-refractivity contribution is 6.25. The van der Waals surface area contributed by atoms with Crippen LogP contribution in [0.2, 0.25) is 0 Å². The summed E-state index contributed by atoms with van der Waals surface area (Å²) in [6.07, 6.45) is 5.24. The Labute approximate surface area is 205 Å². The van der Waals surface area contributed by atoms with Crippen LogP contribution in [-0.2, 0) is 22.4 Å². The first-order valence-electron chi connectivity index (χ1n) is 12.2. The van der Waals surface area contributed by atoms with Crippen molar-refractivity contribution in [2.75, 3.05) is 24.5 Å². The third kappa shape index (κ3) is 6.54. The number of hydrogen-bond donors (Lipinski definition) is 2. The van der Waals surface area contributed by atoms with Crippen LogP contribution >= 0.6 is 0 Å². The molecule has 0 saturated heterocycles. The average molecular weight is 480 g/mol. The first kappa shape index (κ1) is 26.1. The summed E-state index contributed by atoms with van der Waals surface area (Å²) >= 11 is 0. The van der Waals surface area contributed by atoms with Crippen molar-refractivity contribution >= 4 is 29.4 Å². The number of hydrogen-bond acceptors (Lipinski definition) is 5. The first-order chi connectivity index (χ1) is 16.8. The highest BCUT2D eigenvalue weighted by Gasteiger charge is 2.35. The SMILES string of the molecule is CCc1ccc(C(=O)N2C(=O)CN(CCC(=O)O)C(=O)c3cc(CCCCCCN)ccc32)cc1. The number of carbonyl (C=O) groups excluding carboxylic acids is 3. The zero-order chi connectivity index (χ0) is 25.4. The van der Waals surface area contributed by atoms with E-state index in [1.165, 1.54) is 4.90 Å². The number of carboxylic acids is 1. The maximum Gasteiger partial charge on any atom is 0.305 e. The molecule has 1 heterocycles. The predicted octanol–water partition coefficient (Wildman–Crippen LogP) is 3.41. The number of unbranched alkanes of at least 4 members (excludes halogenated alkanes) is 3. The lowest BCUT2D eigenvalue weighted by molar-refractivity contribution is -0.137. The van der Waals surface area contributed by atoms with E-state index < -0.39 is 23.7 Å². The third-order valence-corrected chi connectivity index (χ3v) is 6.22. The Kier molecular flexibility index (Phi) is 9.14. The van der Waals surface area contributed by atoms with Gasteiger partial charge in [-0.2, -0.15) is 0 Å². The molecule has 1 aliphatic heterocycles. The molecule has 0 bridgehead atoms. The van der Waals surface area contributed by atoms with Crippen molar-refractivity contribution in [3.8, 4) is 0 Å². The van der Waals surface area contributed by atoms with E-state index in [0.717, 1.165) is 54.6 Å². The molecule has 2 aromatic rings. The minimum absolute atomic E-state index is 0.115. The molecule has 0 spiro atoms. The summed E-state index contributed by atoms with van der Waals surface area (Å²) in [6, 6.07) is 12.3. The number of fused-ring (bicyclic) bond motifs is 1. The lowest BCUT2D eigenvalue weighted by Crippen LogP contribution is -2.42. The number of amides is 3. The molecule has 0 aromatic heterocycles. The Balaban J connectivity index is 1.95. The summed E-state index contributed by atoms with van der Waals surface area (Å²) in [7, 11) is 0. The fraction of sp³-hybridized carbons (Fsp3) is 0.407. The molecule has 0 unspecified atom stereocenters. The summed E-state index contributed by atoms with van der Waals surface area (Å²) in [6.45, 7) is 2.20. The maximum absolute atomic E-state index is 13.4. The smallest absolute Gasteiger partial charge is 0.305 e. The summed E-state index contributed by atoms with van der Waals surface area (Å²) in [4.78, 5) is 53.4. The highest BCUT2D eigenvalue weighted by atomic mass is 16.4. The van der Waals surface area contributed by atoms with Gasteiger partial charge in [-0.3, -0.25) is 19.2 Å². The van der Waals surface area contributed by atoms with Crippen molar-refractivity contribution in [2.24, 2.45) is 5.73 Å². The third-order valence-electron chi connectivity index (χ3n) is 6.22. The van der Waals surface area contributed by atoms with Crippen LogP contribution in [0.5, 0.6) is 0 Å². The van der Waals surface area contributed by atoms with Crippen molar-refractivity contribution in [3.63, 3.8) is 0 Å². The highest BCUT2D eigenvalue weighted by Crippen LogP contribution is 2.29. The molecule has 3 N–H and O–H groups in total. The van der Waals surface area contributed by atoms with Crippen molar-refractivity contribution < 1.29 is 24.3 Å². The number of nitrogens with two attached hydrogens (primary N) is 1. The van der Waals surface area contributed by atoms with E-state index >= 15 is 0 Å². The van der Waals surface area contributed by atoms with Gasteiger partial charge in [-0.25, -0.2) is 4.90 Å². The zero-order valence-electron chi connectivity index (χ0n) is 20.2. The number of benzene rings is 2. The number of carboxylic acid groups (broad SMARTS) is 1. The van der Waals surface area contributed by atoms with Gasteiger partial charge in [-0.15, -0.1) is 0 Å². The molecule has 0 atom stereocenters. The Morgan fingerprint density at radius 2 is 1.66 bits per heavy atom. The van der Waals surface area contributed by atoms with Crippen molar-refractivity contribution in [1.29, 1.82) is 0 Å². The molecule has 186 valence electrons. The number of aliphatic carboxylic acids is 1. The molecule has 35 heavy (non-hydrogen) atoms. The van der Waals surface area contributed by atoms with Gasteiger partial charge in [0.05, 0.1) is 17.7 Å². The molecule has 0 radical (unpaired) electrons. The predicted molar refractivity (Wildman–Crippen MR) is 133 cm³/mol. The van der Waals surface area contributed by atoms with Crippen LogP contribution in [0, 0.1) is 0 Å². The van der Waals surface area contributed by atoms with Crippen LogP contribution in [0.3, 0.4) is 0 Å². The molecule has 8 nitrogen and oxygen atoms in total. The van der Waals surface area contributed by atoms with Crippen LogP contribution < -0.4 is 10.6 Å². The van der Waals surface area contributed by atoms with Gasteiger partial charge in [-0.05, 0) is 67.6 Å². The monoisotopic (exact) mass is 479 g/mol. The molecule has 0 aliphatic carbocycles. The standard InChI is InChI=1S/C27H33N3O5/c1-2-19-8-11-21(12-9-19)26(34)30-23-13-10-20(7-5-3-4-6-15-28)17-22(23)27(35)29(18-24(30)31)16-14-25(32)33/h8-13,17H,2-7,14-16,18,28H2,1H3,(H,32,33). The molecular formula is C27H33N3O5. The average Bonchev–Trinajstić information content (AvgIpc) is 2.96. The normalized spacial score (nSPS) is 13.5. The van der Waals surface area contributed by atoms with Gasteiger partial charge in [-0.1, -0.05) is 38.0 Å². The van der Waals surface area contributed by atoms with Gasteiger partial charge in [0.15, 0.2) is 0 Å². The summed E-state index contributed by atoms with van der Waals surface area (Å²) in [5.41, 5.74) is 8.35. The molecule has 0 fully saturated rings. The van der Waals surface area contributed by atoms with Gasteiger partial charge < -0.3 is 15.7 Å². The molecule has 3 rings (SSSR count). The van der Waals surface area contributed by atoms with Crippen LogP contribution in [0.1, 0.15) is 70.9 Å². The summed E-state index contributed by atoms with van der Waals surface area (Å²) in [5.74, 6) is -2.59. The van der Waals surface area contributed by atoms with E-state index in [-0.39, 0.29) is 30.8 Å². The van der Waals surface area contributed by atoms with Crippen LogP contribution in [0.15, 0.2) is 42.5 Å². The van der Waals surface area contributed by atoms with Crippen molar-refractivity contribution in [3.05, 3.63) is 64.7 Å². The zero-order valence-corrected chi connectivity index (χ0v) is 20.2. The number of carbonyl (C=O) groups is 4. The molecular weight excluding hydrogens is 446 g/mol. The van der Waals surface area contributed by atoms with Gasteiger partial charge in [0, 0.05) is 12.1 Å².